The Morgan fingerprint density at radius 2 is 1.67 bits per heavy atom. The van der Waals surface area contributed by atoms with Crippen LogP contribution in [0.1, 0.15) is 0 Å². The van der Waals surface area contributed by atoms with Crippen molar-refractivity contribution in [2.24, 2.45) is 5.73 Å². The Bertz CT molecular complexity index is 289. The molecule has 1 aliphatic rings. The molecule has 0 bridgehead atoms. The van der Waals surface area contributed by atoms with Crippen molar-refractivity contribution in [3.8, 4) is 0 Å². The molecule has 0 unspecified atom stereocenters. The Morgan fingerprint density at radius 3 is 2.06 bits per heavy atom. The van der Waals surface area contributed by atoms with Crippen LogP contribution in [0.25, 0.3) is 0 Å². The maximum Gasteiger partial charge on any atom is 1.00 e. The van der Waals surface area contributed by atoms with E-state index in [0.29, 0.717) is 0 Å². The molecule has 18 heavy (non-hydrogen) atoms. The van der Waals surface area contributed by atoms with Crippen LogP contribution < -0.4 is 74.6 Å². The van der Waals surface area contributed by atoms with Crippen molar-refractivity contribution in [2.45, 2.75) is 30.7 Å². The number of phosphoric acid groups is 1. The van der Waals surface area contributed by atoms with E-state index in [1.807, 2.05) is 0 Å². The largest absolute Gasteiger partial charge is 1.00 e. The molecule has 0 radical (unpaired) electrons. The molecule has 1 aliphatic heterocycles. The van der Waals surface area contributed by atoms with Crippen molar-refractivity contribution in [1.29, 1.82) is 0 Å². The van der Waals surface area contributed by atoms with Crippen LogP contribution in [0, 0.1) is 0 Å². The Kier molecular flexibility index (Phi) is 11.1. The van der Waals surface area contributed by atoms with Gasteiger partial charge >= 0.3 is 59.1 Å². The molecule has 1 rings (SSSR count). The summed E-state index contributed by atoms with van der Waals surface area (Å²) in [4.78, 5) is 20.6. The van der Waals surface area contributed by atoms with E-state index in [-0.39, 0.29) is 65.7 Å². The maximum absolute atomic E-state index is 10.3. The van der Waals surface area contributed by atoms with Gasteiger partial charge in [-0.25, -0.2) is 0 Å². The van der Waals surface area contributed by atoms with E-state index in [1.165, 1.54) is 0 Å². The van der Waals surface area contributed by atoms with Crippen LogP contribution in [0.5, 0.6) is 0 Å². The van der Waals surface area contributed by atoms with E-state index >= 15 is 0 Å². The van der Waals surface area contributed by atoms with Gasteiger partial charge < -0.3 is 44.7 Å². The minimum atomic E-state index is -5.37. The van der Waals surface area contributed by atoms with E-state index in [4.69, 9.17) is 10.5 Å². The number of hydrogen-bond donors (Lipinski definition) is 4. The number of phosphoric ester groups is 1. The fourth-order valence-corrected chi connectivity index (χ4v) is 1.75. The number of hydrogen-bond acceptors (Lipinski definition) is 9. The number of rotatable bonds is 3. The first-order chi connectivity index (χ1) is 7.26. The summed E-state index contributed by atoms with van der Waals surface area (Å²) in [7, 11) is -5.37. The summed E-state index contributed by atoms with van der Waals surface area (Å²) in [5, 5.41) is 27.9. The van der Waals surface area contributed by atoms with E-state index < -0.39 is 38.5 Å². The Morgan fingerprint density at radius 1 is 1.17 bits per heavy atom. The first kappa shape index (κ1) is 22.2. The standard InChI is InChI=1S/C6H14NO8P.2Na/c7-1-2-3(8)4(9)5(10)6(14-2)15-16(11,12)13;;/h2-6,8-10H,1,7H2,(H2,11,12,13);;/q;2*+1/p-2/t2-,3-,4+,5-,6-;;/m1../s1. The van der Waals surface area contributed by atoms with Gasteiger partial charge in [-0.05, 0) is 0 Å². The Balaban J connectivity index is 0. The molecule has 12 heteroatoms. The molecule has 5 atom stereocenters. The second kappa shape index (κ2) is 9.04. The van der Waals surface area contributed by atoms with E-state index in [1.54, 1.807) is 0 Å². The molecule has 0 amide bonds. The van der Waals surface area contributed by atoms with Crippen LogP contribution in [0.15, 0.2) is 0 Å². The zero-order valence-corrected chi connectivity index (χ0v) is 14.9. The fraction of sp³-hybridized carbons (Fsp3) is 1.00. The first-order valence-electron chi connectivity index (χ1n) is 4.36. The molecule has 9 nitrogen and oxygen atoms in total. The molecule has 1 fully saturated rings. The first-order valence-corrected chi connectivity index (χ1v) is 5.82. The molecule has 1 saturated heterocycles. The molecule has 5 N–H and O–H groups in total. The van der Waals surface area contributed by atoms with E-state index in [0.717, 1.165) is 0 Å². The van der Waals surface area contributed by atoms with Gasteiger partial charge in [0.2, 0.25) is 0 Å². The normalized spacial score (nSPS) is 36.4. The molecule has 0 aliphatic carbocycles. The summed E-state index contributed by atoms with van der Waals surface area (Å²) in [5.41, 5.74) is 5.17. The SMILES string of the molecule is NC[C@H]1O[C@H](OP(=O)([O-])[O-])[C@H](O)[C@@H](O)[C@@H]1O.[Na+].[Na+]. The molecular formula is C6H12NNa2O8P. The van der Waals surface area contributed by atoms with Gasteiger partial charge in [0.05, 0.1) is 7.82 Å². The van der Waals surface area contributed by atoms with Crippen molar-refractivity contribution in [2.75, 3.05) is 6.54 Å². The molecule has 0 aromatic rings. The predicted octanol–water partition coefficient (Wildman–Crippen LogP) is -10.4. The molecule has 0 aromatic heterocycles. The zero-order valence-electron chi connectivity index (χ0n) is 10.0. The Hall–Kier alpha value is 1.91. The van der Waals surface area contributed by atoms with Crippen molar-refractivity contribution < 1.29 is 98.0 Å². The number of aliphatic hydroxyl groups is 3. The van der Waals surface area contributed by atoms with Crippen LogP contribution >= 0.6 is 7.82 Å². The fourth-order valence-electron chi connectivity index (χ4n) is 1.33. The number of aliphatic hydroxyl groups excluding tert-OH is 3. The van der Waals surface area contributed by atoms with Gasteiger partial charge in [0.15, 0.2) is 6.29 Å². The number of nitrogens with two attached hydrogens (primary N) is 1. The smallest absolute Gasteiger partial charge is 0.790 e. The minimum Gasteiger partial charge on any atom is -0.790 e. The van der Waals surface area contributed by atoms with Crippen LogP contribution in [0.3, 0.4) is 0 Å². The molecular weight excluding hydrogens is 291 g/mol. The quantitative estimate of drug-likeness (QED) is 0.292. The summed E-state index contributed by atoms with van der Waals surface area (Å²) < 4.78 is 18.9. The second-order valence-corrected chi connectivity index (χ2v) is 4.41. The molecule has 0 aromatic carbocycles. The Labute approximate surface area is 147 Å². The van der Waals surface area contributed by atoms with Gasteiger partial charge in [-0.15, -0.1) is 0 Å². The van der Waals surface area contributed by atoms with Crippen LogP contribution in [-0.4, -0.2) is 52.6 Å². The topological polar surface area (TPSA) is 168 Å². The number of ether oxygens (including phenoxy) is 1. The van der Waals surface area contributed by atoms with Gasteiger partial charge in [-0.3, -0.25) is 0 Å². The predicted molar refractivity (Wildman–Crippen MR) is 44.4 cm³/mol. The van der Waals surface area contributed by atoms with Crippen LogP contribution in [0.4, 0.5) is 0 Å². The van der Waals surface area contributed by atoms with Gasteiger partial charge in [0, 0.05) is 6.54 Å². The van der Waals surface area contributed by atoms with Crippen molar-refractivity contribution in [1.82, 2.24) is 0 Å². The average Bonchev–Trinajstić information content (AvgIpc) is 2.17. The third-order valence-electron chi connectivity index (χ3n) is 2.13. The van der Waals surface area contributed by atoms with Crippen LogP contribution in [-0.2, 0) is 13.8 Å². The van der Waals surface area contributed by atoms with Crippen LogP contribution in [0.2, 0.25) is 0 Å². The maximum atomic E-state index is 10.3. The molecule has 96 valence electrons. The second-order valence-electron chi connectivity index (χ2n) is 3.30. The van der Waals surface area contributed by atoms with Gasteiger partial charge in [-0.1, -0.05) is 0 Å². The summed E-state index contributed by atoms with van der Waals surface area (Å²) >= 11 is 0. The molecule has 0 spiro atoms. The van der Waals surface area contributed by atoms with Gasteiger partial charge in [-0.2, -0.15) is 0 Å². The monoisotopic (exact) mass is 303 g/mol. The summed E-state index contributed by atoms with van der Waals surface area (Å²) in [6.07, 6.45) is -8.05. The molecule has 1 heterocycles. The summed E-state index contributed by atoms with van der Waals surface area (Å²) in [6, 6.07) is 0. The zero-order chi connectivity index (χ0) is 12.5. The van der Waals surface area contributed by atoms with Crippen molar-refractivity contribution in [3.05, 3.63) is 0 Å². The van der Waals surface area contributed by atoms with E-state index in [2.05, 4.69) is 4.52 Å². The minimum absolute atomic E-state index is 0. The third kappa shape index (κ3) is 6.13. The molecule has 0 saturated carbocycles. The van der Waals surface area contributed by atoms with Crippen molar-refractivity contribution in [3.63, 3.8) is 0 Å². The van der Waals surface area contributed by atoms with E-state index in [9.17, 15) is 29.7 Å². The van der Waals surface area contributed by atoms with Gasteiger partial charge in [0.25, 0.3) is 0 Å². The summed E-state index contributed by atoms with van der Waals surface area (Å²) in [6.45, 7) is -0.243. The average molecular weight is 303 g/mol. The van der Waals surface area contributed by atoms with Crippen molar-refractivity contribution >= 4 is 7.82 Å². The van der Waals surface area contributed by atoms with Gasteiger partial charge in [0.1, 0.15) is 24.4 Å². The summed E-state index contributed by atoms with van der Waals surface area (Å²) in [5.74, 6) is 0. The third-order valence-corrected chi connectivity index (χ3v) is 2.60.